The van der Waals surface area contributed by atoms with E-state index in [9.17, 15) is 0 Å². The van der Waals surface area contributed by atoms with Crippen molar-refractivity contribution < 1.29 is 0 Å². The molecule has 1 heterocycles. The molecular weight excluding hydrogens is 719 g/mol. The van der Waals surface area contributed by atoms with Crippen LogP contribution in [-0.2, 0) is 5.41 Å². The van der Waals surface area contributed by atoms with Gasteiger partial charge in [0.1, 0.15) is 5.01 Å². The average Bonchev–Trinajstić information content (AvgIpc) is 3.96. The van der Waals surface area contributed by atoms with Crippen molar-refractivity contribution in [3.05, 3.63) is 222 Å². The third-order valence-electron chi connectivity index (χ3n) is 12.9. The van der Waals surface area contributed by atoms with Crippen molar-refractivity contribution in [2.45, 2.75) is 5.41 Å². The van der Waals surface area contributed by atoms with Gasteiger partial charge in [-0.2, -0.15) is 0 Å². The van der Waals surface area contributed by atoms with E-state index >= 15 is 0 Å². The Balaban J connectivity index is 0.994. The molecule has 0 atom stereocenters. The highest BCUT2D eigenvalue weighted by molar-refractivity contribution is 7.22. The Hall–Kier alpha value is -7.13. The fourth-order valence-electron chi connectivity index (χ4n) is 10.4. The molecule has 10 aromatic carbocycles. The van der Waals surface area contributed by atoms with Crippen LogP contribution >= 0.6 is 11.3 Å². The largest absolute Gasteiger partial charge is 0.236 e. The molecule has 268 valence electrons. The molecule has 2 aliphatic rings. The van der Waals surface area contributed by atoms with Gasteiger partial charge in [-0.05, 0) is 118 Å². The van der Waals surface area contributed by atoms with Gasteiger partial charge in [-0.3, -0.25) is 0 Å². The zero-order chi connectivity index (χ0) is 38.0. The van der Waals surface area contributed by atoms with Gasteiger partial charge in [-0.1, -0.05) is 176 Å². The molecule has 2 heteroatoms. The highest BCUT2D eigenvalue weighted by Gasteiger charge is 2.52. The summed E-state index contributed by atoms with van der Waals surface area (Å²) in [5, 5.41) is 8.66. The number of benzene rings is 10. The van der Waals surface area contributed by atoms with Gasteiger partial charge >= 0.3 is 0 Å². The lowest BCUT2D eigenvalue weighted by atomic mass is 9.70. The summed E-state index contributed by atoms with van der Waals surface area (Å²) in [6.07, 6.45) is 0. The van der Waals surface area contributed by atoms with Crippen LogP contribution in [0.25, 0.3) is 97.6 Å². The van der Waals surface area contributed by atoms with Crippen LogP contribution in [0.2, 0.25) is 0 Å². The molecule has 0 radical (unpaired) electrons. The number of hydrogen-bond donors (Lipinski definition) is 0. The van der Waals surface area contributed by atoms with Crippen molar-refractivity contribution in [2.24, 2.45) is 0 Å². The fraction of sp³-hybridized carbons (Fsp3) is 0.0179. The maximum Gasteiger partial charge on any atom is 0.124 e. The first-order valence-electron chi connectivity index (χ1n) is 20.0. The SMILES string of the molecule is c1ccc(-c2nc3ccc4ccc5ccc(-c6cccc(-c7ccc8c(c7)C7(c9ccccc9-c9ccccc97)c7ccc9ccccc9c7-8)c6)cc5c4c3s2)cc1. The molecule has 0 N–H and O–H groups in total. The number of nitrogens with zero attached hydrogens (tertiary/aromatic N) is 1. The minimum atomic E-state index is -0.405. The van der Waals surface area contributed by atoms with E-state index in [-0.39, 0.29) is 0 Å². The summed E-state index contributed by atoms with van der Waals surface area (Å²) in [5.41, 5.74) is 17.5. The minimum absolute atomic E-state index is 0.405. The highest BCUT2D eigenvalue weighted by Crippen LogP contribution is 2.64. The van der Waals surface area contributed by atoms with E-state index in [2.05, 4.69) is 200 Å². The molecule has 0 aliphatic heterocycles. The monoisotopic (exact) mass is 751 g/mol. The van der Waals surface area contributed by atoms with Gasteiger partial charge in [-0.15, -0.1) is 11.3 Å². The molecule has 58 heavy (non-hydrogen) atoms. The van der Waals surface area contributed by atoms with Gasteiger partial charge in [0.2, 0.25) is 0 Å². The zero-order valence-corrected chi connectivity index (χ0v) is 32.2. The molecule has 0 amide bonds. The van der Waals surface area contributed by atoms with E-state index in [1.165, 1.54) is 104 Å². The third kappa shape index (κ3) is 4.33. The van der Waals surface area contributed by atoms with Gasteiger partial charge in [0, 0.05) is 10.9 Å². The molecular formula is C56H33NS. The van der Waals surface area contributed by atoms with Crippen molar-refractivity contribution >= 4 is 53.9 Å². The van der Waals surface area contributed by atoms with Crippen LogP contribution in [0.3, 0.4) is 0 Å². The predicted octanol–water partition coefficient (Wildman–Crippen LogP) is 15.1. The van der Waals surface area contributed by atoms with Gasteiger partial charge in [-0.25, -0.2) is 4.98 Å². The normalized spacial score (nSPS) is 13.3. The van der Waals surface area contributed by atoms with E-state index < -0.39 is 5.41 Å². The predicted molar refractivity (Wildman–Crippen MR) is 245 cm³/mol. The van der Waals surface area contributed by atoms with Crippen molar-refractivity contribution in [3.63, 3.8) is 0 Å². The lowest BCUT2D eigenvalue weighted by Crippen LogP contribution is -2.25. The van der Waals surface area contributed by atoms with E-state index in [1.54, 1.807) is 11.3 Å². The quantitative estimate of drug-likeness (QED) is 0.164. The Morgan fingerprint density at radius 3 is 1.79 bits per heavy atom. The Kier molecular flexibility index (Phi) is 6.59. The topological polar surface area (TPSA) is 12.9 Å². The number of thiazole rings is 1. The smallest absolute Gasteiger partial charge is 0.124 e. The van der Waals surface area contributed by atoms with Crippen molar-refractivity contribution in [2.75, 3.05) is 0 Å². The van der Waals surface area contributed by atoms with Crippen LogP contribution in [0.5, 0.6) is 0 Å². The van der Waals surface area contributed by atoms with Crippen LogP contribution in [0, 0.1) is 0 Å². The molecule has 0 bridgehead atoms. The van der Waals surface area contributed by atoms with Crippen LogP contribution < -0.4 is 0 Å². The summed E-state index contributed by atoms with van der Waals surface area (Å²) in [6.45, 7) is 0. The fourth-order valence-corrected chi connectivity index (χ4v) is 11.5. The number of aromatic nitrogens is 1. The molecule has 11 aromatic rings. The molecule has 1 spiro atoms. The van der Waals surface area contributed by atoms with Gasteiger partial charge in [0.05, 0.1) is 15.6 Å². The van der Waals surface area contributed by atoms with Crippen molar-refractivity contribution in [3.8, 4) is 55.1 Å². The molecule has 0 saturated carbocycles. The lowest BCUT2D eigenvalue weighted by Gasteiger charge is -2.31. The molecule has 0 saturated heterocycles. The summed E-state index contributed by atoms with van der Waals surface area (Å²) in [4.78, 5) is 5.09. The zero-order valence-electron chi connectivity index (χ0n) is 31.4. The van der Waals surface area contributed by atoms with Gasteiger partial charge in [0.25, 0.3) is 0 Å². The molecule has 1 aromatic heterocycles. The Morgan fingerprint density at radius 1 is 0.362 bits per heavy atom. The first-order valence-corrected chi connectivity index (χ1v) is 20.8. The Labute approximate surface area is 340 Å². The van der Waals surface area contributed by atoms with Crippen molar-refractivity contribution in [1.82, 2.24) is 4.98 Å². The standard InChI is InChI=1S/C56H33NS/c1-2-12-37(13-3-1)55-57-51-30-27-36-23-21-35-22-24-40(32-46(35)52(36)54(51)58-55)38-14-10-15-39(31-38)41-25-28-45-50(33-41)56(49-29-26-34-11-4-5-16-42(34)53(45)49)47-19-8-6-17-43(47)44-18-7-9-20-48(44)56/h1-33H. The van der Waals surface area contributed by atoms with Gasteiger partial charge in [0.15, 0.2) is 0 Å². The molecule has 0 unspecified atom stereocenters. The van der Waals surface area contributed by atoms with E-state index in [0.29, 0.717) is 0 Å². The lowest BCUT2D eigenvalue weighted by molar-refractivity contribution is 0.795. The summed E-state index contributed by atoms with van der Waals surface area (Å²) >= 11 is 1.79. The van der Waals surface area contributed by atoms with Crippen LogP contribution in [-0.4, -0.2) is 4.98 Å². The highest BCUT2D eigenvalue weighted by atomic mass is 32.1. The second-order valence-corrected chi connectivity index (χ2v) is 16.8. The molecule has 2 aliphatic carbocycles. The first-order chi connectivity index (χ1) is 28.7. The molecule has 1 nitrogen and oxygen atoms in total. The van der Waals surface area contributed by atoms with Crippen LogP contribution in [0.4, 0.5) is 0 Å². The number of rotatable bonds is 3. The third-order valence-corrected chi connectivity index (χ3v) is 14.0. The Bertz CT molecular complexity index is 3470. The molecule has 0 fully saturated rings. The summed E-state index contributed by atoms with van der Waals surface area (Å²) in [7, 11) is 0. The van der Waals surface area contributed by atoms with Crippen molar-refractivity contribution in [1.29, 1.82) is 0 Å². The van der Waals surface area contributed by atoms with Gasteiger partial charge < -0.3 is 0 Å². The summed E-state index contributed by atoms with van der Waals surface area (Å²) in [6, 6.07) is 74.5. The van der Waals surface area contributed by atoms with Crippen LogP contribution in [0.15, 0.2) is 200 Å². The minimum Gasteiger partial charge on any atom is -0.236 e. The average molecular weight is 752 g/mol. The number of hydrogen-bond acceptors (Lipinski definition) is 2. The maximum atomic E-state index is 5.09. The maximum absolute atomic E-state index is 5.09. The Morgan fingerprint density at radius 2 is 0.966 bits per heavy atom. The summed E-state index contributed by atoms with van der Waals surface area (Å²) < 4.78 is 1.24. The van der Waals surface area contributed by atoms with E-state index in [4.69, 9.17) is 4.98 Å². The van der Waals surface area contributed by atoms with E-state index in [1.807, 2.05) is 0 Å². The summed E-state index contributed by atoms with van der Waals surface area (Å²) in [5.74, 6) is 0. The van der Waals surface area contributed by atoms with Crippen LogP contribution in [0.1, 0.15) is 22.3 Å². The first kappa shape index (κ1) is 32.0. The van der Waals surface area contributed by atoms with E-state index in [0.717, 1.165) is 16.1 Å². The second kappa shape index (κ2) is 11.9. The molecule has 13 rings (SSSR count). The second-order valence-electron chi connectivity index (χ2n) is 15.8. The number of fused-ring (bicyclic) bond motifs is 17.